The molecule has 0 saturated carbocycles. The molecule has 2 aliphatic heterocycles. The van der Waals surface area contributed by atoms with E-state index in [2.05, 4.69) is 21.9 Å². The zero-order chi connectivity index (χ0) is 15.4. The van der Waals surface area contributed by atoms with Gasteiger partial charge in [0.2, 0.25) is 5.91 Å². The number of hydrogen-bond acceptors (Lipinski definition) is 4. The van der Waals surface area contributed by atoms with Crippen LogP contribution in [-0.2, 0) is 16.1 Å². The van der Waals surface area contributed by atoms with E-state index in [9.17, 15) is 4.79 Å². The highest BCUT2D eigenvalue weighted by Gasteiger charge is 2.35. The molecular formula is C16H26N4O2. The Bertz CT molecular complexity index is 469. The minimum atomic E-state index is 0.0746. The Balaban J connectivity index is 1.51. The summed E-state index contributed by atoms with van der Waals surface area (Å²) in [7, 11) is 0. The molecule has 0 radical (unpaired) electrons. The number of amides is 1. The van der Waals surface area contributed by atoms with E-state index in [0.717, 1.165) is 58.3 Å². The van der Waals surface area contributed by atoms with Gasteiger partial charge in [0.15, 0.2) is 0 Å². The summed E-state index contributed by atoms with van der Waals surface area (Å²) in [4.78, 5) is 18.8. The molecule has 0 aliphatic carbocycles. The molecule has 1 aromatic heterocycles. The SMILES string of the molecule is CC[C@@H]1OCCC[C@H]1C(=O)N1CCC(Cn2cncn2)CC1. The Morgan fingerprint density at radius 1 is 1.32 bits per heavy atom. The van der Waals surface area contributed by atoms with Crippen molar-refractivity contribution in [3.8, 4) is 0 Å². The van der Waals surface area contributed by atoms with Gasteiger partial charge in [-0.3, -0.25) is 9.48 Å². The van der Waals surface area contributed by atoms with Crippen LogP contribution in [0.4, 0.5) is 0 Å². The topological polar surface area (TPSA) is 60.2 Å². The summed E-state index contributed by atoms with van der Waals surface area (Å²) in [5.74, 6) is 0.978. The molecule has 122 valence electrons. The molecule has 2 saturated heterocycles. The van der Waals surface area contributed by atoms with Crippen LogP contribution in [0.2, 0.25) is 0 Å². The number of aromatic nitrogens is 3. The van der Waals surface area contributed by atoms with Gasteiger partial charge in [-0.05, 0) is 38.0 Å². The Hall–Kier alpha value is -1.43. The average molecular weight is 306 g/mol. The van der Waals surface area contributed by atoms with Crippen LogP contribution in [0.3, 0.4) is 0 Å². The quantitative estimate of drug-likeness (QED) is 0.850. The van der Waals surface area contributed by atoms with Crippen LogP contribution in [0.1, 0.15) is 39.0 Å². The van der Waals surface area contributed by atoms with E-state index in [4.69, 9.17) is 4.74 Å². The molecule has 0 unspecified atom stereocenters. The van der Waals surface area contributed by atoms with Crippen molar-refractivity contribution in [3.63, 3.8) is 0 Å². The van der Waals surface area contributed by atoms with Crippen molar-refractivity contribution in [2.45, 2.75) is 51.7 Å². The lowest BCUT2D eigenvalue weighted by Crippen LogP contribution is -2.47. The lowest BCUT2D eigenvalue weighted by atomic mass is 9.89. The second-order valence-corrected chi connectivity index (χ2v) is 6.45. The van der Waals surface area contributed by atoms with Crippen molar-refractivity contribution in [3.05, 3.63) is 12.7 Å². The van der Waals surface area contributed by atoms with E-state index in [1.165, 1.54) is 0 Å². The summed E-state index contributed by atoms with van der Waals surface area (Å²) < 4.78 is 7.67. The number of hydrogen-bond donors (Lipinski definition) is 0. The third-order valence-electron chi connectivity index (χ3n) is 5.00. The largest absolute Gasteiger partial charge is 0.377 e. The zero-order valence-corrected chi connectivity index (χ0v) is 13.4. The van der Waals surface area contributed by atoms with Gasteiger partial charge in [-0.2, -0.15) is 5.10 Å². The van der Waals surface area contributed by atoms with Crippen molar-refractivity contribution < 1.29 is 9.53 Å². The maximum absolute atomic E-state index is 12.8. The number of carbonyl (C=O) groups is 1. The molecule has 1 aromatic rings. The Morgan fingerprint density at radius 2 is 2.14 bits per heavy atom. The Labute approximate surface area is 131 Å². The predicted octanol–water partition coefficient (Wildman–Crippen LogP) is 1.72. The third kappa shape index (κ3) is 3.48. The van der Waals surface area contributed by atoms with Crippen molar-refractivity contribution in [2.75, 3.05) is 19.7 Å². The molecule has 0 bridgehead atoms. The molecule has 2 atom stereocenters. The highest BCUT2D eigenvalue weighted by Crippen LogP contribution is 2.27. The van der Waals surface area contributed by atoms with E-state index >= 15 is 0 Å². The number of carbonyl (C=O) groups excluding carboxylic acids is 1. The highest BCUT2D eigenvalue weighted by molar-refractivity contribution is 5.79. The van der Waals surface area contributed by atoms with E-state index in [1.807, 2.05) is 4.68 Å². The molecule has 6 nitrogen and oxygen atoms in total. The fourth-order valence-corrected chi connectivity index (χ4v) is 3.69. The molecule has 2 fully saturated rings. The van der Waals surface area contributed by atoms with E-state index in [0.29, 0.717) is 11.8 Å². The van der Waals surface area contributed by atoms with Crippen LogP contribution in [0.15, 0.2) is 12.7 Å². The Kier molecular flexibility index (Phi) is 5.08. The lowest BCUT2D eigenvalue weighted by molar-refractivity contribution is -0.146. The van der Waals surface area contributed by atoms with Crippen molar-refractivity contribution in [2.24, 2.45) is 11.8 Å². The first-order chi connectivity index (χ1) is 10.8. The maximum atomic E-state index is 12.8. The number of nitrogens with zero attached hydrogens (tertiary/aromatic N) is 4. The van der Waals surface area contributed by atoms with Gasteiger partial charge in [0.25, 0.3) is 0 Å². The van der Waals surface area contributed by atoms with Gasteiger partial charge in [-0.15, -0.1) is 0 Å². The summed E-state index contributed by atoms with van der Waals surface area (Å²) >= 11 is 0. The summed E-state index contributed by atoms with van der Waals surface area (Å²) in [5.41, 5.74) is 0. The van der Waals surface area contributed by atoms with Crippen LogP contribution in [0.25, 0.3) is 0 Å². The molecule has 3 heterocycles. The first-order valence-electron chi connectivity index (χ1n) is 8.50. The minimum absolute atomic E-state index is 0.0746. The second kappa shape index (κ2) is 7.22. The number of rotatable bonds is 4. The van der Waals surface area contributed by atoms with Gasteiger partial charge in [-0.1, -0.05) is 6.92 Å². The highest BCUT2D eigenvalue weighted by atomic mass is 16.5. The van der Waals surface area contributed by atoms with Crippen LogP contribution in [0.5, 0.6) is 0 Å². The molecule has 3 rings (SSSR count). The van der Waals surface area contributed by atoms with Crippen LogP contribution < -0.4 is 0 Å². The monoisotopic (exact) mass is 306 g/mol. The molecule has 0 aromatic carbocycles. The van der Waals surface area contributed by atoms with E-state index < -0.39 is 0 Å². The standard InChI is InChI=1S/C16H26N4O2/c1-2-15-14(4-3-9-22-15)16(21)19-7-5-13(6-8-19)10-20-12-17-11-18-20/h11-15H,2-10H2,1H3/t14-,15+/m1/s1. The predicted molar refractivity (Wildman–Crippen MR) is 82.1 cm³/mol. The van der Waals surface area contributed by atoms with Gasteiger partial charge in [0.1, 0.15) is 12.7 Å². The fourth-order valence-electron chi connectivity index (χ4n) is 3.69. The molecule has 6 heteroatoms. The van der Waals surface area contributed by atoms with Crippen molar-refractivity contribution >= 4 is 5.91 Å². The summed E-state index contributed by atoms with van der Waals surface area (Å²) in [5, 5.41) is 4.17. The van der Waals surface area contributed by atoms with Gasteiger partial charge in [0, 0.05) is 26.2 Å². The third-order valence-corrected chi connectivity index (χ3v) is 5.00. The van der Waals surface area contributed by atoms with Gasteiger partial charge < -0.3 is 9.64 Å². The smallest absolute Gasteiger partial charge is 0.228 e. The minimum Gasteiger partial charge on any atom is -0.377 e. The Morgan fingerprint density at radius 3 is 2.82 bits per heavy atom. The van der Waals surface area contributed by atoms with Crippen LogP contribution in [0, 0.1) is 11.8 Å². The molecule has 2 aliphatic rings. The van der Waals surface area contributed by atoms with Crippen LogP contribution >= 0.6 is 0 Å². The van der Waals surface area contributed by atoms with Gasteiger partial charge in [0.05, 0.1) is 12.0 Å². The summed E-state index contributed by atoms with van der Waals surface area (Å²) in [6, 6.07) is 0. The van der Waals surface area contributed by atoms with Crippen molar-refractivity contribution in [1.29, 1.82) is 0 Å². The summed E-state index contributed by atoms with van der Waals surface area (Å²) in [6.07, 6.45) is 8.49. The molecule has 1 amide bonds. The average Bonchev–Trinajstić information content (AvgIpc) is 3.08. The number of likely N-dealkylation sites (tertiary alicyclic amines) is 1. The maximum Gasteiger partial charge on any atom is 0.228 e. The van der Waals surface area contributed by atoms with Gasteiger partial charge >= 0.3 is 0 Å². The summed E-state index contributed by atoms with van der Waals surface area (Å²) in [6.45, 7) is 5.56. The molecule has 22 heavy (non-hydrogen) atoms. The molecule has 0 spiro atoms. The molecular weight excluding hydrogens is 280 g/mol. The van der Waals surface area contributed by atoms with E-state index in [1.54, 1.807) is 12.7 Å². The molecule has 0 N–H and O–H groups in total. The van der Waals surface area contributed by atoms with Crippen LogP contribution in [-0.4, -0.2) is 51.4 Å². The first-order valence-corrected chi connectivity index (χ1v) is 8.50. The normalized spacial score (nSPS) is 27.0. The van der Waals surface area contributed by atoms with E-state index in [-0.39, 0.29) is 12.0 Å². The fraction of sp³-hybridized carbons (Fsp3) is 0.812. The zero-order valence-electron chi connectivity index (χ0n) is 13.4. The first kappa shape index (κ1) is 15.5. The number of ether oxygens (including phenoxy) is 1. The number of piperidine rings is 1. The van der Waals surface area contributed by atoms with Crippen molar-refractivity contribution in [1.82, 2.24) is 19.7 Å². The lowest BCUT2D eigenvalue weighted by Gasteiger charge is -2.37. The van der Waals surface area contributed by atoms with Gasteiger partial charge in [-0.25, -0.2) is 4.98 Å². The second-order valence-electron chi connectivity index (χ2n) is 6.45.